The first-order valence-corrected chi connectivity index (χ1v) is 21.2. The number of rotatable bonds is 5. The summed E-state index contributed by atoms with van der Waals surface area (Å²) in [6.07, 6.45) is 0. The van der Waals surface area contributed by atoms with E-state index in [-0.39, 0.29) is 61.1 Å². The van der Waals surface area contributed by atoms with Crippen LogP contribution in [0.3, 0.4) is 0 Å². The van der Waals surface area contributed by atoms with E-state index < -0.39 is 96.7 Å². The molecule has 0 amide bonds. The Balaban J connectivity index is 1.26. The number of hydrogen-bond donors (Lipinski definition) is 0. The van der Waals surface area contributed by atoms with Gasteiger partial charge in [-0.15, -0.1) is 11.3 Å². The zero-order valence-corrected chi connectivity index (χ0v) is 33.9. The summed E-state index contributed by atoms with van der Waals surface area (Å²) in [4.78, 5) is 10.7. The van der Waals surface area contributed by atoms with E-state index in [1.54, 1.807) is 11.3 Å². The molecule has 0 aliphatic heterocycles. The minimum atomic E-state index is -0.680. The molecular weight excluding hydrogens is 799 g/mol. The molecule has 0 atom stereocenters. The van der Waals surface area contributed by atoms with Gasteiger partial charge in [0.05, 0.1) is 66.3 Å². The first-order valence-electron chi connectivity index (χ1n) is 28.4. The molecule has 0 fully saturated rings. The third kappa shape index (κ3) is 5.00. The largest absolute Gasteiger partial charge is 0.308 e. The lowest BCUT2D eigenvalue weighted by atomic mass is 9.93. The maximum Gasteiger partial charge on any atom is 0.166 e. The molecule has 64 heavy (non-hydrogen) atoms. The summed E-state index contributed by atoms with van der Waals surface area (Å²) in [5, 5.41) is 2.78. The highest BCUT2D eigenvalue weighted by molar-refractivity contribution is 7.25. The van der Waals surface area contributed by atoms with Crippen molar-refractivity contribution in [3.05, 3.63) is 212 Å². The third-order valence-corrected chi connectivity index (χ3v) is 13.1. The molecule has 0 saturated heterocycles. The van der Waals surface area contributed by atoms with Crippen LogP contribution < -0.4 is 0 Å². The van der Waals surface area contributed by atoms with Crippen molar-refractivity contribution in [2.75, 3.05) is 0 Å². The molecule has 0 radical (unpaired) electrons. The van der Waals surface area contributed by atoms with Gasteiger partial charge in [-0.05, 0) is 65.6 Å². The number of para-hydroxylation sites is 6. The van der Waals surface area contributed by atoms with Crippen LogP contribution in [0, 0.1) is 0 Å². The van der Waals surface area contributed by atoms with E-state index >= 15 is 0 Å². The van der Waals surface area contributed by atoms with Crippen LogP contribution in [0.1, 0.15) is 21.9 Å². The Hall–Kier alpha value is -8.32. The normalized spacial score (nSPS) is 15.6. The zero-order chi connectivity index (χ0) is 55.8. The molecular formula is C58H35N5S. The monoisotopic (exact) mass is 849 g/mol. The fourth-order valence-electron chi connectivity index (χ4n) is 9.43. The van der Waals surface area contributed by atoms with Crippen LogP contribution in [-0.4, -0.2) is 23.7 Å². The van der Waals surface area contributed by atoms with Crippen molar-refractivity contribution < 1.29 is 21.9 Å². The fourth-order valence-corrected chi connectivity index (χ4v) is 10.6. The van der Waals surface area contributed by atoms with Gasteiger partial charge in [-0.1, -0.05) is 151 Å². The predicted molar refractivity (Wildman–Crippen MR) is 269 cm³/mol. The van der Waals surface area contributed by atoms with Crippen LogP contribution in [0.15, 0.2) is 212 Å². The molecule has 9 aromatic carbocycles. The van der Waals surface area contributed by atoms with Gasteiger partial charge in [0.15, 0.2) is 5.82 Å². The summed E-state index contributed by atoms with van der Waals surface area (Å²) >= 11 is 1.61. The van der Waals surface area contributed by atoms with Gasteiger partial charge in [-0.3, -0.25) is 9.13 Å². The van der Waals surface area contributed by atoms with Crippen molar-refractivity contribution in [1.29, 1.82) is 0 Å². The van der Waals surface area contributed by atoms with Crippen molar-refractivity contribution in [1.82, 2.24) is 23.7 Å². The average molecular weight is 850 g/mol. The molecule has 0 saturated carbocycles. The second-order valence-corrected chi connectivity index (χ2v) is 16.4. The first kappa shape index (κ1) is 23.2. The lowest BCUT2D eigenvalue weighted by Crippen LogP contribution is -2.08. The minimum absolute atomic E-state index is 0.102. The molecule has 14 aromatic rings. The molecule has 6 heteroatoms. The van der Waals surface area contributed by atoms with E-state index in [0.717, 1.165) is 47.5 Å². The Morgan fingerprint density at radius 2 is 0.828 bits per heavy atom. The van der Waals surface area contributed by atoms with Crippen molar-refractivity contribution in [2.45, 2.75) is 0 Å². The summed E-state index contributed by atoms with van der Waals surface area (Å²) in [5.74, 6) is -0.576. The van der Waals surface area contributed by atoms with E-state index in [4.69, 9.17) is 20.9 Å². The van der Waals surface area contributed by atoms with Crippen LogP contribution in [0.2, 0.25) is 0 Å². The van der Waals surface area contributed by atoms with Gasteiger partial charge in [-0.25, -0.2) is 9.97 Å². The highest BCUT2D eigenvalue weighted by Crippen LogP contribution is 2.46. The number of fused-ring (bicyclic) bond motifs is 12. The topological polar surface area (TPSA) is 40.6 Å². The number of hydrogen-bond acceptors (Lipinski definition) is 3. The van der Waals surface area contributed by atoms with Crippen LogP contribution in [-0.2, 0) is 0 Å². The van der Waals surface area contributed by atoms with Crippen molar-refractivity contribution >= 4 is 96.9 Å². The highest BCUT2D eigenvalue weighted by Gasteiger charge is 2.25. The quantitative estimate of drug-likeness (QED) is 0.173. The van der Waals surface area contributed by atoms with Gasteiger partial charge >= 0.3 is 0 Å². The zero-order valence-electron chi connectivity index (χ0n) is 49.1. The average Bonchev–Trinajstić information content (AvgIpc) is 4.37. The second-order valence-electron chi connectivity index (χ2n) is 15.3. The van der Waals surface area contributed by atoms with E-state index in [2.05, 4.69) is 4.57 Å². The maximum atomic E-state index is 9.52. The third-order valence-electron chi connectivity index (χ3n) is 12.0. The molecule has 0 unspecified atom stereocenters. The standard InChI is InChI=1S/C58H35N5S/c1-8-26-45-36(17-1)37-18-2-9-27-46(37)61(45)51-32-15-24-43(42-25-16-34-53-56(42)44-23-7-14-33-52(44)64-53)57(51)58-59-54(62-47-28-10-3-19-38(47)39-20-4-11-29-48(39)62)35-55(60-58)63-49-30-12-5-21-40(49)41-22-6-13-31-50(41)63/h1-35H/i3D,4D,5D,6D,10D,11D,12D,13D,19D,20D,21D,22D,28D,29D,30D,31D. The Kier molecular flexibility index (Phi) is 4.93. The predicted octanol–water partition coefficient (Wildman–Crippen LogP) is 15.5. The lowest BCUT2D eigenvalue weighted by Gasteiger charge is -2.20. The van der Waals surface area contributed by atoms with Crippen LogP contribution in [0.25, 0.3) is 125 Å². The minimum Gasteiger partial charge on any atom is -0.308 e. The molecule has 0 N–H and O–H groups in total. The number of thiophene rings is 1. The Labute approximate surface area is 393 Å². The summed E-state index contributed by atoms with van der Waals surface area (Å²) in [6.45, 7) is 0. The van der Waals surface area contributed by atoms with Gasteiger partial charge in [0, 0.05) is 58.6 Å². The van der Waals surface area contributed by atoms with Gasteiger partial charge < -0.3 is 4.57 Å². The van der Waals surface area contributed by atoms with Crippen LogP contribution >= 0.6 is 11.3 Å². The maximum absolute atomic E-state index is 9.52. The Morgan fingerprint density at radius 3 is 1.39 bits per heavy atom. The molecule has 5 nitrogen and oxygen atoms in total. The Bertz CT molecular complexity index is 4790. The summed E-state index contributed by atoms with van der Waals surface area (Å²) in [7, 11) is 0. The molecule has 5 heterocycles. The highest BCUT2D eigenvalue weighted by atomic mass is 32.1. The molecule has 0 spiro atoms. The van der Waals surface area contributed by atoms with Crippen molar-refractivity contribution in [2.24, 2.45) is 0 Å². The molecule has 0 aliphatic carbocycles. The van der Waals surface area contributed by atoms with Crippen molar-refractivity contribution in [3.8, 4) is 39.8 Å². The summed E-state index contributed by atoms with van der Waals surface area (Å²) < 4.78 is 153. The van der Waals surface area contributed by atoms with E-state index in [1.807, 2.05) is 109 Å². The Morgan fingerprint density at radius 1 is 0.375 bits per heavy atom. The smallest absolute Gasteiger partial charge is 0.166 e. The second kappa shape index (κ2) is 13.6. The van der Waals surface area contributed by atoms with Gasteiger partial charge in [0.25, 0.3) is 0 Å². The first-order chi connectivity index (χ1) is 38.4. The van der Waals surface area contributed by atoms with Gasteiger partial charge in [0.2, 0.25) is 0 Å². The van der Waals surface area contributed by atoms with Crippen LogP contribution in [0.5, 0.6) is 0 Å². The molecule has 14 rings (SSSR count). The van der Waals surface area contributed by atoms with Gasteiger partial charge in [-0.2, -0.15) is 0 Å². The molecule has 5 aromatic heterocycles. The number of nitrogens with zero attached hydrogens (tertiary/aromatic N) is 5. The summed E-state index contributed by atoms with van der Waals surface area (Å²) in [5.41, 5.74) is 2.77. The van der Waals surface area contributed by atoms with Gasteiger partial charge in [0.1, 0.15) is 11.6 Å². The van der Waals surface area contributed by atoms with E-state index in [1.165, 1.54) is 15.2 Å². The van der Waals surface area contributed by atoms with E-state index in [0.29, 0.717) is 16.8 Å². The molecule has 0 bridgehead atoms. The summed E-state index contributed by atoms with van der Waals surface area (Å²) in [6, 6.07) is 26.6. The fraction of sp³-hybridized carbons (Fsp3) is 0. The van der Waals surface area contributed by atoms with Crippen molar-refractivity contribution in [3.63, 3.8) is 0 Å². The SMILES string of the molecule is [2H]c1c([2H])c([2H])c2c(c1[2H])c1c([2H])c([2H])c([2H])c([2H])c1n2-c1cc(-n2c3c([2H])c([2H])c([2H])c([2H])c3c3c([2H])c([2H])c([2H])c([2H])c32)nc(-c2c(-c3cccc4sc5ccccc5c34)cccc2-n2c3ccccc3c3ccccc32)n1. The van der Waals surface area contributed by atoms with Crippen LogP contribution in [0.4, 0.5) is 0 Å². The number of benzene rings is 9. The van der Waals surface area contributed by atoms with E-state index in [9.17, 15) is 11.0 Å². The molecule has 0 aliphatic rings. The number of aromatic nitrogens is 5. The molecule has 298 valence electrons. The lowest BCUT2D eigenvalue weighted by molar-refractivity contribution is 0.991.